The Kier molecular flexibility index (Phi) is 2.83. The van der Waals surface area contributed by atoms with E-state index in [1.807, 2.05) is 4.57 Å². The van der Waals surface area contributed by atoms with Crippen LogP contribution in [0.15, 0.2) is 36.0 Å². The zero-order valence-corrected chi connectivity index (χ0v) is 11.1. The van der Waals surface area contributed by atoms with E-state index in [0.29, 0.717) is 0 Å². The largest absolute Gasteiger partial charge is 0.478 e. The quantitative estimate of drug-likeness (QED) is 0.796. The fourth-order valence-electron chi connectivity index (χ4n) is 2.04. The summed E-state index contributed by atoms with van der Waals surface area (Å²) in [7, 11) is 0. The van der Waals surface area contributed by atoms with Crippen LogP contribution in [0.4, 0.5) is 0 Å². The molecule has 0 saturated carbocycles. The average molecular weight is 272 g/mol. The molecule has 5 heteroatoms. The maximum atomic E-state index is 11.0. The Morgan fingerprint density at radius 2 is 2.26 bits per heavy atom. The first-order chi connectivity index (χ1) is 9.15. The molecular formula is C14H12N2O2S. The highest BCUT2D eigenvalue weighted by atomic mass is 32.1. The zero-order chi connectivity index (χ0) is 13.4. The Labute approximate surface area is 113 Å². The molecule has 0 aliphatic rings. The molecule has 4 nitrogen and oxygen atoms in total. The Morgan fingerprint density at radius 1 is 1.42 bits per heavy atom. The average Bonchev–Trinajstić information content (AvgIpc) is 2.97. The summed E-state index contributed by atoms with van der Waals surface area (Å²) < 4.78 is 1.99. The fraction of sp³-hybridized carbons (Fsp3) is 0.143. The molecule has 0 aliphatic carbocycles. The van der Waals surface area contributed by atoms with Gasteiger partial charge in [-0.05, 0) is 42.1 Å². The number of nitrogens with zero attached hydrogens (tertiary/aromatic N) is 2. The second-order valence-corrected chi connectivity index (χ2v) is 5.41. The normalized spacial score (nSPS) is 11.0. The van der Waals surface area contributed by atoms with E-state index in [-0.39, 0.29) is 5.56 Å². The summed E-state index contributed by atoms with van der Waals surface area (Å²) in [6.07, 6.45) is 1.76. The van der Waals surface area contributed by atoms with Crippen LogP contribution in [0.1, 0.15) is 20.8 Å². The molecule has 0 fully saturated rings. The molecule has 0 bridgehead atoms. The molecule has 3 aromatic rings. The summed E-state index contributed by atoms with van der Waals surface area (Å²) in [6.45, 7) is 2.80. The van der Waals surface area contributed by atoms with Gasteiger partial charge in [-0.1, -0.05) is 0 Å². The lowest BCUT2D eigenvalue weighted by atomic mass is 10.2. The molecule has 96 valence electrons. The van der Waals surface area contributed by atoms with Gasteiger partial charge in [0.15, 0.2) is 0 Å². The summed E-state index contributed by atoms with van der Waals surface area (Å²) in [5.74, 6) is -0.915. The first-order valence-electron chi connectivity index (χ1n) is 5.86. The maximum Gasteiger partial charge on any atom is 0.335 e. The van der Waals surface area contributed by atoms with E-state index in [2.05, 4.69) is 23.4 Å². The number of aromatic nitrogens is 2. The van der Waals surface area contributed by atoms with Gasteiger partial charge in [0.25, 0.3) is 0 Å². The molecule has 0 spiro atoms. The number of fused-ring (bicyclic) bond motifs is 1. The van der Waals surface area contributed by atoms with E-state index in [0.717, 1.165) is 17.6 Å². The topological polar surface area (TPSA) is 55.1 Å². The third kappa shape index (κ3) is 2.13. The monoisotopic (exact) mass is 272 g/mol. The first kappa shape index (κ1) is 11.9. The minimum Gasteiger partial charge on any atom is -0.478 e. The van der Waals surface area contributed by atoms with Crippen LogP contribution >= 0.6 is 11.3 Å². The van der Waals surface area contributed by atoms with Gasteiger partial charge in [-0.15, -0.1) is 11.3 Å². The Hall–Kier alpha value is -2.14. The van der Waals surface area contributed by atoms with Crippen molar-refractivity contribution in [2.75, 3.05) is 0 Å². The Morgan fingerprint density at radius 3 is 2.95 bits per heavy atom. The van der Waals surface area contributed by atoms with Crippen molar-refractivity contribution < 1.29 is 9.90 Å². The van der Waals surface area contributed by atoms with E-state index in [4.69, 9.17) is 5.11 Å². The van der Waals surface area contributed by atoms with Gasteiger partial charge in [0.05, 0.1) is 29.5 Å². The second kappa shape index (κ2) is 4.51. The van der Waals surface area contributed by atoms with E-state index >= 15 is 0 Å². The SMILES string of the molecule is Cc1ccsc1Cn1cnc2ccc(C(=O)O)cc21. The maximum absolute atomic E-state index is 11.0. The van der Waals surface area contributed by atoms with Crippen molar-refractivity contribution in [2.45, 2.75) is 13.5 Å². The lowest BCUT2D eigenvalue weighted by molar-refractivity contribution is 0.0697. The molecule has 0 radical (unpaired) electrons. The molecule has 1 N–H and O–H groups in total. The van der Waals surface area contributed by atoms with Crippen LogP contribution in [0.3, 0.4) is 0 Å². The molecule has 2 aromatic heterocycles. The number of benzene rings is 1. The highest BCUT2D eigenvalue weighted by molar-refractivity contribution is 7.10. The molecular weight excluding hydrogens is 260 g/mol. The van der Waals surface area contributed by atoms with Crippen LogP contribution in [0.5, 0.6) is 0 Å². The molecule has 2 heterocycles. The molecule has 0 unspecified atom stereocenters. The number of thiophene rings is 1. The molecule has 0 amide bonds. The number of aryl methyl sites for hydroxylation is 1. The number of carboxylic acids is 1. The molecule has 3 rings (SSSR count). The fourth-order valence-corrected chi connectivity index (χ4v) is 2.94. The molecule has 1 aromatic carbocycles. The van der Waals surface area contributed by atoms with Crippen molar-refractivity contribution in [1.29, 1.82) is 0 Å². The first-order valence-corrected chi connectivity index (χ1v) is 6.74. The van der Waals surface area contributed by atoms with Crippen molar-refractivity contribution in [1.82, 2.24) is 9.55 Å². The van der Waals surface area contributed by atoms with Crippen LogP contribution in [-0.4, -0.2) is 20.6 Å². The van der Waals surface area contributed by atoms with Gasteiger partial charge in [0, 0.05) is 4.88 Å². The number of imidazole rings is 1. The molecule has 0 aliphatic heterocycles. The molecule has 0 saturated heterocycles. The lowest BCUT2D eigenvalue weighted by Crippen LogP contribution is -1.99. The minimum atomic E-state index is -0.915. The van der Waals surface area contributed by atoms with E-state index in [1.165, 1.54) is 10.4 Å². The number of carbonyl (C=O) groups is 1. The standard InChI is InChI=1S/C14H12N2O2S/c1-9-4-5-19-13(9)7-16-8-15-11-3-2-10(14(17)18)6-12(11)16/h2-6,8H,7H2,1H3,(H,17,18). The van der Waals surface area contributed by atoms with Gasteiger partial charge < -0.3 is 9.67 Å². The highest BCUT2D eigenvalue weighted by Gasteiger charge is 2.09. The van der Waals surface area contributed by atoms with Gasteiger partial charge >= 0.3 is 5.97 Å². The van der Waals surface area contributed by atoms with E-state index in [9.17, 15) is 4.79 Å². The number of rotatable bonds is 3. The van der Waals surface area contributed by atoms with Crippen LogP contribution in [0.2, 0.25) is 0 Å². The van der Waals surface area contributed by atoms with Crippen LogP contribution < -0.4 is 0 Å². The van der Waals surface area contributed by atoms with Crippen molar-refractivity contribution in [2.24, 2.45) is 0 Å². The van der Waals surface area contributed by atoms with Gasteiger partial charge in [0.2, 0.25) is 0 Å². The molecule has 19 heavy (non-hydrogen) atoms. The summed E-state index contributed by atoms with van der Waals surface area (Å²) in [5, 5.41) is 11.1. The molecule has 0 atom stereocenters. The third-order valence-electron chi connectivity index (χ3n) is 3.15. The minimum absolute atomic E-state index is 0.289. The van der Waals surface area contributed by atoms with Crippen molar-refractivity contribution in [3.63, 3.8) is 0 Å². The number of carboxylic acid groups (broad SMARTS) is 1. The summed E-state index contributed by atoms with van der Waals surface area (Å²) >= 11 is 1.70. The van der Waals surface area contributed by atoms with Crippen molar-refractivity contribution in [3.8, 4) is 0 Å². The van der Waals surface area contributed by atoms with Gasteiger partial charge in [-0.25, -0.2) is 9.78 Å². The van der Waals surface area contributed by atoms with E-state index in [1.54, 1.807) is 35.9 Å². The number of hydrogen-bond acceptors (Lipinski definition) is 3. The van der Waals surface area contributed by atoms with Gasteiger partial charge in [0.1, 0.15) is 0 Å². The van der Waals surface area contributed by atoms with Crippen molar-refractivity contribution >= 4 is 28.3 Å². The summed E-state index contributed by atoms with van der Waals surface area (Å²) in [4.78, 5) is 16.6. The predicted molar refractivity (Wildman–Crippen MR) is 74.9 cm³/mol. The third-order valence-corrected chi connectivity index (χ3v) is 4.16. The smallest absolute Gasteiger partial charge is 0.335 e. The highest BCUT2D eigenvalue weighted by Crippen LogP contribution is 2.21. The predicted octanol–water partition coefficient (Wildman–Crippen LogP) is 3.15. The van der Waals surface area contributed by atoms with Gasteiger partial charge in [-0.2, -0.15) is 0 Å². The second-order valence-electron chi connectivity index (χ2n) is 4.41. The Bertz CT molecular complexity index is 758. The zero-order valence-electron chi connectivity index (χ0n) is 10.3. The van der Waals surface area contributed by atoms with Crippen LogP contribution in [0.25, 0.3) is 11.0 Å². The number of aromatic carboxylic acids is 1. The summed E-state index contributed by atoms with van der Waals surface area (Å²) in [6, 6.07) is 7.09. The summed E-state index contributed by atoms with van der Waals surface area (Å²) in [5.41, 5.74) is 3.21. The lowest BCUT2D eigenvalue weighted by Gasteiger charge is -2.04. The van der Waals surface area contributed by atoms with E-state index < -0.39 is 5.97 Å². The van der Waals surface area contributed by atoms with Crippen LogP contribution in [0, 0.1) is 6.92 Å². The van der Waals surface area contributed by atoms with Gasteiger partial charge in [-0.3, -0.25) is 0 Å². The van der Waals surface area contributed by atoms with Crippen molar-refractivity contribution in [3.05, 3.63) is 52.0 Å². The Balaban J connectivity index is 2.06. The number of hydrogen-bond donors (Lipinski definition) is 1. The van der Waals surface area contributed by atoms with Crippen LogP contribution in [-0.2, 0) is 6.54 Å².